The van der Waals surface area contributed by atoms with Gasteiger partial charge in [-0.1, -0.05) is 35.0 Å². The summed E-state index contributed by atoms with van der Waals surface area (Å²) in [5, 5.41) is 2.96. The number of hydrogen-bond donors (Lipinski definition) is 1. The molecule has 0 aliphatic heterocycles. The molecule has 0 unspecified atom stereocenters. The molecule has 1 atom stereocenters. The Morgan fingerprint density at radius 3 is 2.61 bits per heavy atom. The molecule has 3 nitrogen and oxygen atoms in total. The van der Waals surface area contributed by atoms with Crippen molar-refractivity contribution in [2.24, 2.45) is 0 Å². The van der Waals surface area contributed by atoms with E-state index in [1.54, 1.807) is 12.1 Å². The molecule has 1 aromatic carbocycles. The summed E-state index contributed by atoms with van der Waals surface area (Å²) < 4.78 is 6.10. The number of rotatable bonds is 4. The molecule has 2 aromatic rings. The number of benzene rings is 1. The number of hydrogen-bond acceptors (Lipinski definition) is 2. The van der Waals surface area contributed by atoms with Crippen LogP contribution in [0.2, 0.25) is 0 Å². The molecule has 1 aromatic heterocycles. The summed E-state index contributed by atoms with van der Waals surface area (Å²) in [6, 6.07) is 11.3. The zero-order valence-electron chi connectivity index (χ0n) is 10.0. The lowest BCUT2D eigenvalue weighted by Gasteiger charge is -2.16. The van der Waals surface area contributed by atoms with Gasteiger partial charge in [-0.15, -0.1) is 0 Å². The summed E-state index contributed by atoms with van der Waals surface area (Å²) in [5.41, 5.74) is 1.08. The lowest BCUT2D eigenvalue weighted by atomic mass is 10.0. The van der Waals surface area contributed by atoms with Gasteiger partial charge in [0.25, 0.3) is 5.91 Å². The monoisotopic (exact) mass is 307 g/mol. The van der Waals surface area contributed by atoms with E-state index in [-0.39, 0.29) is 11.9 Å². The van der Waals surface area contributed by atoms with E-state index in [0.717, 1.165) is 16.5 Å². The molecule has 1 N–H and O–H groups in total. The average molecular weight is 308 g/mol. The highest BCUT2D eigenvalue weighted by Crippen LogP contribution is 2.20. The molecule has 18 heavy (non-hydrogen) atoms. The van der Waals surface area contributed by atoms with Gasteiger partial charge in [-0.05, 0) is 36.2 Å². The van der Waals surface area contributed by atoms with Crippen LogP contribution < -0.4 is 5.32 Å². The van der Waals surface area contributed by atoms with Crippen LogP contribution in [0.3, 0.4) is 0 Å². The van der Waals surface area contributed by atoms with Gasteiger partial charge in [-0.25, -0.2) is 0 Å². The summed E-state index contributed by atoms with van der Waals surface area (Å²) in [6.07, 6.45) is 2.32. The van der Waals surface area contributed by atoms with E-state index in [2.05, 4.69) is 21.2 Å². The standard InChI is InChI=1S/C14H14BrNO2/c1-2-12(10-5-7-11(15)8-6-10)16-14(17)13-4-3-9-18-13/h3-9,12H,2H2,1H3,(H,16,17)/t12-/m1/s1. The molecule has 0 fully saturated rings. The van der Waals surface area contributed by atoms with Crippen LogP contribution in [0.4, 0.5) is 0 Å². The van der Waals surface area contributed by atoms with E-state index in [0.29, 0.717) is 5.76 Å². The topological polar surface area (TPSA) is 42.2 Å². The molecule has 1 amide bonds. The fourth-order valence-corrected chi connectivity index (χ4v) is 2.02. The van der Waals surface area contributed by atoms with Crippen molar-refractivity contribution < 1.29 is 9.21 Å². The summed E-state index contributed by atoms with van der Waals surface area (Å²) in [4.78, 5) is 11.9. The van der Waals surface area contributed by atoms with E-state index in [9.17, 15) is 4.79 Å². The Morgan fingerprint density at radius 1 is 1.33 bits per heavy atom. The highest BCUT2D eigenvalue weighted by molar-refractivity contribution is 9.10. The smallest absolute Gasteiger partial charge is 0.287 e. The number of halogens is 1. The molecule has 0 aliphatic rings. The molecule has 0 saturated carbocycles. The minimum atomic E-state index is -0.185. The Labute approximate surface area is 114 Å². The van der Waals surface area contributed by atoms with Crippen molar-refractivity contribution in [2.45, 2.75) is 19.4 Å². The maximum absolute atomic E-state index is 11.9. The van der Waals surface area contributed by atoms with E-state index in [1.807, 2.05) is 31.2 Å². The van der Waals surface area contributed by atoms with Crippen LogP contribution in [0.15, 0.2) is 51.6 Å². The summed E-state index contributed by atoms with van der Waals surface area (Å²) >= 11 is 3.40. The number of carbonyl (C=O) groups excluding carboxylic acids is 1. The highest BCUT2D eigenvalue weighted by atomic mass is 79.9. The molecule has 0 aliphatic carbocycles. The Kier molecular flexibility index (Phi) is 4.20. The second kappa shape index (κ2) is 5.87. The summed E-state index contributed by atoms with van der Waals surface area (Å²) in [5.74, 6) is 0.153. The maximum atomic E-state index is 11.9. The van der Waals surface area contributed by atoms with Crippen LogP contribution in [0.5, 0.6) is 0 Å². The molecule has 1 heterocycles. The minimum absolute atomic E-state index is 0.00398. The van der Waals surface area contributed by atoms with Gasteiger partial charge in [0.05, 0.1) is 12.3 Å². The van der Waals surface area contributed by atoms with Crippen molar-refractivity contribution in [3.05, 3.63) is 58.5 Å². The SMILES string of the molecule is CC[C@@H](NC(=O)c1ccco1)c1ccc(Br)cc1. The van der Waals surface area contributed by atoms with Crippen molar-refractivity contribution in [2.75, 3.05) is 0 Å². The van der Waals surface area contributed by atoms with Crippen LogP contribution >= 0.6 is 15.9 Å². The van der Waals surface area contributed by atoms with Gasteiger partial charge in [0.15, 0.2) is 5.76 Å². The van der Waals surface area contributed by atoms with Crippen LogP contribution in [-0.4, -0.2) is 5.91 Å². The first-order chi connectivity index (χ1) is 8.70. The Morgan fingerprint density at radius 2 is 2.06 bits per heavy atom. The third-order valence-corrected chi connectivity index (χ3v) is 3.26. The van der Waals surface area contributed by atoms with Crippen molar-refractivity contribution in [3.8, 4) is 0 Å². The Bertz CT molecular complexity index is 505. The molecule has 0 radical (unpaired) electrons. The van der Waals surface area contributed by atoms with Crippen LogP contribution in [0.25, 0.3) is 0 Å². The van der Waals surface area contributed by atoms with Crippen molar-refractivity contribution in [3.63, 3.8) is 0 Å². The lowest BCUT2D eigenvalue weighted by molar-refractivity contribution is 0.0907. The highest BCUT2D eigenvalue weighted by Gasteiger charge is 2.15. The molecular formula is C14H14BrNO2. The van der Waals surface area contributed by atoms with Crippen molar-refractivity contribution >= 4 is 21.8 Å². The molecule has 0 saturated heterocycles. The fourth-order valence-electron chi connectivity index (χ4n) is 1.75. The number of nitrogens with one attached hydrogen (secondary N) is 1. The molecule has 4 heteroatoms. The first-order valence-electron chi connectivity index (χ1n) is 5.80. The minimum Gasteiger partial charge on any atom is -0.459 e. The molecule has 0 bridgehead atoms. The quantitative estimate of drug-likeness (QED) is 0.930. The average Bonchev–Trinajstić information content (AvgIpc) is 2.91. The van der Waals surface area contributed by atoms with Gasteiger partial charge in [-0.3, -0.25) is 4.79 Å². The second-order valence-corrected chi connectivity index (χ2v) is 4.88. The van der Waals surface area contributed by atoms with Gasteiger partial charge >= 0.3 is 0 Å². The summed E-state index contributed by atoms with van der Waals surface area (Å²) in [7, 11) is 0. The van der Waals surface area contributed by atoms with Gasteiger partial charge in [0.2, 0.25) is 0 Å². The van der Waals surface area contributed by atoms with Gasteiger partial charge in [0, 0.05) is 4.47 Å². The van der Waals surface area contributed by atoms with Crippen LogP contribution in [0, 0.1) is 0 Å². The normalized spacial score (nSPS) is 12.1. The summed E-state index contributed by atoms with van der Waals surface area (Å²) in [6.45, 7) is 2.04. The number of amides is 1. The van der Waals surface area contributed by atoms with Gasteiger partial charge < -0.3 is 9.73 Å². The van der Waals surface area contributed by atoms with Gasteiger partial charge in [0.1, 0.15) is 0 Å². The van der Waals surface area contributed by atoms with Crippen molar-refractivity contribution in [1.82, 2.24) is 5.32 Å². The van der Waals surface area contributed by atoms with Crippen LogP contribution in [0.1, 0.15) is 35.5 Å². The largest absolute Gasteiger partial charge is 0.459 e. The Balaban J connectivity index is 2.10. The van der Waals surface area contributed by atoms with Gasteiger partial charge in [-0.2, -0.15) is 0 Å². The molecule has 2 rings (SSSR count). The Hall–Kier alpha value is -1.55. The first kappa shape index (κ1) is 12.9. The predicted octanol–water partition coefficient (Wildman–Crippen LogP) is 3.92. The van der Waals surface area contributed by atoms with E-state index < -0.39 is 0 Å². The number of carbonyl (C=O) groups is 1. The van der Waals surface area contributed by atoms with Crippen molar-refractivity contribution in [1.29, 1.82) is 0 Å². The third kappa shape index (κ3) is 3.01. The van der Waals surface area contributed by atoms with Crippen LogP contribution in [-0.2, 0) is 0 Å². The van der Waals surface area contributed by atoms with E-state index in [1.165, 1.54) is 6.26 Å². The molecule has 94 valence electrons. The number of furan rings is 1. The lowest BCUT2D eigenvalue weighted by Crippen LogP contribution is -2.27. The fraction of sp³-hybridized carbons (Fsp3) is 0.214. The zero-order valence-corrected chi connectivity index (χ0v) is 11.6. The third-order valence-electron chi connectivity index (χ3n) is 2.73. The predicted molar refractivity (Wildman–Crippen MR) is 73.3 cm³/mol. The second-order valence-electron chi connectivity index (χ2n) is 3.96. The van der Waals surface area contributed by atoms with E-state index in [4.69, 9.17) is 4.42 Å². The molecule has 0 spiro atoms. The molecular weight excluding hydrogens is 294 g/mol. The first-order valence-corrected chi connectivity index (χ1v) is 6.60. The zero-order chi connectivity index (χ0) is 13.0. The van der Waals surface area contributed by atoms with E-state index >= 15 is 0 Å². The maximum Gasteiger partial charge on any atom is 0.287 e.